The second kappa shape index (κ2) is 6.36. The molecule has 0 radical (unpaired) electrons. The molecular weight excluding hydrogens is 289 g/mol. The summed E-state index contributed by atoms with van der Waals surface area (Å²) >= 11 is 12.1. The quantitative estimate of drug-likeness (QED) is 0.682. The summed E-state index contributed by atoms with van der Waals surface area (Å²) in [6.07, 6.45) is 0.446. The second-order valence-electron chi connectivity index (χ2n) is 4.35. The first kappa shape index (κ1) is 14.3. The van der Waals surface area contributed by atoms with Crippen molar-refractivity contribution in [1.29, 1.82) is 0 Å². The van der Waals surface area contributed by atoms with Crippen molar-refractivity contribution in [3.8, 4) is 0 Å². The zero-order valence-electron chi connectivity index (χ0n) is 10.0. The molecule has 4 heteroatoms. The average molecular weight is 301 g/mol. The van der Waals surface area contributed by atoms with E-state index in [4.69, 9.17) is 23.2 Å². The molecule has 0 N–H and O–H groups in total. The Kier molecular flexibility index (Phi) is 4.78. The summed E-state index contributed by atoms with van der Waals surface area (Å²) in [5.41, 5.74) is 1.46. The lowest BCUT2D eigenvalue weighted by atomic mass is 9.93. The van der Waals surface area contributed by atoms with Crippen molar-refractivity contribution < 1.29 is 8.78 Å². The maximum atomic E-state index is 13.2. The molecule has 0 aromatic heterocycles. The molecule has 0 aliphatic heterocycles. The summed E-state index contributed by atoms with van der Waals surface area (Å²) in [4.78, 5) is 0. The van der Waals surface area contributed by atoms with Gasteiger partial charge in [-0.15, -0.1) is 11.6 Å². The number of hydrogen-bond acceptors (Lipinski definition) is 0. The molecule has 100 valence electrons. The van der Waals surface area contributed by atoms with Gasteiger partial charge < -0.3 is 0 Å². The van der Waals surface area contributed by atoms with Gasteiger partial charge in [0.15, 0.2) is 0 Å². The van der Waals surface area contributed by atoms with E-state index in [-0.39, 0.29) is 5.92 Å². The molecule has 0 saturated carbocycles. The van der Waals surface area contributed by atoms with Crippen LogP contribution in [0.2, 0.25) is 5.02 Å². The molecule has 0 aliphatic rings. The van der Waals surface area contributed by atoms with Crippen LogP contribution in [0, 0.1) is 11.6 Å². The van der Waals surface area contributed by atoms with Crippen LogP contribution in [-0.4, -0.2) is 5.88 Å². The van der Waals surface area contributed by atoms with E-state index in [0.717, 1.165) is 11.6 Å². The summed E-state index contributed by atoms with van der Waals surface area (Å²) in [6, 6.07) is 10.9. The fraction of sp³-hybridized carbons (Fsp3) is 0.200. The van der Waals surface area contributed by atoms with Gasteiger partial charge in [-0.2, -0.15) is 0 Å². The van der Waals surface area contributed by atoms with Crippen LogP contribution in [0.15, 0.2) is 42.5 Å². The molecule has 1 atom stereocenters. The van der Waals surface area contributed by atoms with E-state index in [1.165, 1.54) is 12.1 Å². The Morgan fingerprint density at radius 3 is 2.21 bits per heavy atom. The number of alkyl halides is 1. The lowest BCUT2D eigenvalue weighted by Crippen LogP contribution is -2.06. The third kappa shape index (κ3) is 3.68. The lowest BCUT2D eigenvalue weighted by molar-refractivity contribution is 0.577. The summed E-state index contributed by atoms with van der Waals surface area (Å²) in [5.74, 6) is -0.900. The summed E-state index contributed by atoms with van der Waals surface area (Å²) in [6.45, 7) is 0. The topological polar surface area (TPSA) is 0 Å². The van der Waals surface area contributed by atoms with Crippen molar-refractivity contribution in [2.24, 2.45) is 0 Å². The van der Waals surface area contributed by atoms with Crippen LogP contribution in [0.3, 0.4) is 0 Å². The summed E-state index contributed by atoms with van der Waals surface area (Å²) < 4.78 is 26.3. The lowest BCUT2D eigenvalue weighted by Gasteiger charge is -2.16. The van der Waals surface area contributed by atoms with Crippen LogP contribution < -0.4 is 0 Å². The van der Waals surface area contributed by atoms with Crippen molar-refractivity contribution in [2.45, 2.75) is 12.3 Å². The van der Waals surface area contributed by atoms with Crippen LogP contribution in [0.4, 0.5) is 8.78 Å². The molecule has 2 rings (SSSR count). The molecule has 2 aromatic carbocycles. The van der Waals surface area contributed by atoms with E-state index in [1.807, 2.05) is 18.2 Å². The minimum atomic E-state index is -0.581. The number of hydrogen-bond donors (Lipinski definition) is 0. The van der Waals surface area contributed by atoms with Crippen molar-refractivity contribution in [2.75, 3.05) is 5.88 Å². The van der Waals surface area contributed by atoms with Crippen molar-refractivity contribution in [3.05, 3.63) is 70.2 Å². The molecule has 1 unspecified atom stereocenters. The number of benzene rings is 2. The molecule has 0 spiro atoms. The van der Waals surface area contributed by atoms with Gasteiger partial charge in [-0.05, 0) is 35.7 Å². The maximum Gasteiger partial charge on any atom is 0.126 e. The van der Waals surface area contributed by atoms with Crippen molar-refractivity contribution in [1.82, 2.24) is 0 Å². The normalized spacial score (nSPS) is 12.4. The molecule has 0 heterocycles. The highest BCUT2D eigenvalue weighted by atomic mass is 35.5. The summed E-state index contributed by atoms with van der Waals surface area (Å²) in [7, 11) is 0. The minimum Gasteiger partial charge on any atom is -0.207 e. The molecule has 19 heavy (non-hydrogen) atoms. The highest BCUT2D eigenvalue weighted by Crippen LogP contribution is 2.28. The Labute approximate surface area is 121 Å². The average Bonchev–Trinajstić information content (AvgIpc) is 2.36. The van der Waals surface area contributed by atoms with Crippen LogP contribution >= 0.6 is 23.2 Å². The van der Waals surface area contributed by atoms with Crippen LogP contribution in [0.1, 0.15) is 17.0 Å². The van der Waals surface area contributed by atoms with E-state index < -0.39 is 11.6 Å². The van der Waals surface area contributed by atoms with Crippen LogP contribution in [-0.2, 0) is 6.42 Å². The number of rotatable bonds is 4. The van der Waals surface area contributed by atoms with Crippen LogP contribution in [0.5, 0.6) is 0 Å². The first-order valence-corrected chi connectivity index (χ1v) is 6.76. The van der Waals surface area contributed by atoms with Gasteiger partial charge in [-0.3, -0.25) is 0 Å². The Morgan fingerprint density at radius 2 is 1.63 bits per heavy atom. The van der Waals surface area contributed by atoms with Gasteiger partial charge in [0, 0.05) is 22.9 Å². The SMILES string of the molecule is Fc1cc(F)cc(CC(CCl)c2ccccc2Cl)c1. The Bertz CT molecular complexity index is 550. The second-order valence-corrected chi connectivity index (χ2v) is 5.07. The standard InChI is InChI=1S/C15H12Cl2F2/c16-9-11(14-3-1-2-4-15(14)17)5-10-6-12(18)8-13(19)7-10/h1-4,6-8,11H,5,9H2. The van der Waals surface area contributed by atoms with E-state index >= 15 is 0 Å². The third-order valence-electron chi connectivity index (χ3n) is 2.94. The van der Waals surface area contributed by atoms with Gasteiger partial charge >= 0.3 is 0 Å². The molecule has 0 bridgehead atoms. The highest BCUT2D eigenvalue weighted by molar-refractivity contribution is 6.31. The van der Waals surface area contributed by atoms with Gasteiger partial charge in [0.25, 0.3) is 0 Å². The minimum absolute atomic E-state index is 0.0726. The van der Waals surface area contributed by atoms with Crippen LogP contribution in [0.25, 0.3) is 0 Å². The van der Waals surface area contributed by atoms with Gasteiger partial charge in [0.2, 0.25) is 0 Å². The zero-order valence-corrected chi connectivity index (χ0v) is 11.6. The zero-order chi connectivity index (χ0) is 13.8. The first-order valence-electron chi connectivity index (χ1n) is 5.85. The molecule has 0 nitrogen and oxygen atoms in total. The largest absolute Gasteiger partial charge is 0.207 e. The van der Waals surface area contributed by atoms with E-state index in [0.29, 0.717) is 22.9 Å². The van der Waals surface area contributed by atoms with E-state index in [9.17, 15) is 8.78 Å². The van der Waals surface area contributed by atoms with Crippen molar-refractivity contribution >= 4 is 23.2 Å². The Balaban J connectivity index is 2.26. The number of halogens is 4. The predicted molar refractivity (Wildman–Crippen MR) is 75.0 cm³/mol. The Morgan fingerprint density at radius 1 is 1.00 bits per heavy atom. The van der Waals surface area contributed by atoms with Gasteiger partial charge in [-0.1, -0.05) is 29.8 Å². The maximum absolute atomic E-state index is 13.2. The predicted octanol–water partition coefficient (Wildman–Crippen LogP) is 5.18. The molecule has 0 fully saturated rings. The van der Waals surface area contributed by atoms with E-state index in [2.05, 4.69) is 0 Å². The first-order chi connectivity index (χ1) is 9.10. The molecule has 2 aromatic rings. The van der Waals surface area contributed by atoms with E-state index in [1.54, 1.807) is 6.07 Å². The molecular formula is C15H12Cl2F2. The van der Waals surface area contributed by atoms with Gasteiger partial charge in [0.05, 0.1) is 0 Å². The summed E-state index contributed by atoms with van der Waals surface area (Å²) in [5, 5.41) is 0.616. The molecule has 0 aliphatic carbocycles. The van der Waals surface area contributed by atoms with Gasteiger partial charge in [0.1, 0.15) is 11.6 Å². The van der Waals surface area contributed by atoms with Crippen molar-refractivity contribution in [3.63, 3.8) is 0 Å². The molecule has 0 amide bonds. The highest BCUT2D eigenvalue weighted by Gasteiger charge is 2.15. The van der Waals surface area contributed by atoms with Gasteiger partial charge in [-0.25, -0.2) is 8.78 Å². The monoisotopic (exact) mass is 300 g/mol. The Hall–Kier alpha value is -1.12. The fourth-order valence-corrected chi connectivity index (χ4v) is 2.63. The smallest absolute Gasteiger partial charge is 0.126 e. The molecule has 0 saturated heterocycles. The third-order valence-corrected chi connectivity index (χ3v) is 3.65. The fourth-order valence-electron chi connectivity index (χ4n) is 2.07.